The Labute approximate surface area is 149 Å². The zero-order chi connectivity index (χ0) is 18.1. The van der Waals surface area contributed by atoms with Gasteiger partial charge in [0.1, 0.15) is 5.75 Å². The molecular formula is C19H23NO4S. The van der Waals surface area contributed by atoms with Crippen molar-refractivity contribution in [3.05, 3.63) is 60.2 Å². The fourth-order valence-corrected chi connectivity index (χ4v) is 4.76. The van der Waals surface area contributed by atoms with Crippen LogP contribution in [0.3, 0.4) is 0 Å². The molecule has 5 nitrogen and oxygen atoms in total. The summed E-state index contributed by atoms with van der Waals surface area (Å²) < 4.78 is 39.0. The molecule has 2 aromatic rings. The monoisotopic (exact) mass is 361 g/mol. The molecule has 1 atom stereocenters. The second-order valence-electron chi connectivity index (χ2n) is 6.73. The molecule has 0 aromatic heterocycles. The minimum Gasteiger partial charge on any atom is -0.497 e. The molecule has 0 spiro atoms. The first-order chi connectivity index (χ1) is 11.8. The fourth-order valence-electron chi connectivity index (χ4n) is 2.99. The predicted molar refractivity (Wildman–Crippen MR) is 96.1 cm³/mol. The Bertz CT molecular complexity index is 816. The van der Waals surface area contributed by atoms with Gasteiger partial charge >= 0.3 is 0 Å². The van der Waals surface area contributed by atoms with Crippen molar-refractivity contribution in [2.75, 3.05) is 20.3 Å². The van der Waals surface area contributed by atoms with Gasteiger partial charge in [-0.05, 0) is 43.7 Å². The van der Waals surface area contributed by atoms with Crippen LogP contribution in [-0.4, -0.2) is 38.5 Å². The number of nitrogens with zero attached hydrogens (tertiary/aromatic N) is 1. The van der Waals surface area contributed by atoms with Gasteiger partial charge in [-0.25, -0.2) is 8.42 Å². The number of ether oxygens (including phenoxy) is 2. The Morgan fingerprint density at radius 3 is 2.32 bits per heavy atom. The molecule has 0 N–H and O–H groups in total. The summed E-state index contributed by atoms with van der Waals surface area (Å²) in [7, 11) is -2.08. The second-order valence-corrected chi connectivity index (χ2v) is 8.60. The highest BCUT2D eigenvalue weighted by Gasteiger charge is 2.43. The van der Waals surface area contributed by atoms with Gasteiger partial charge in [0.15, 0.2) is 0 Å². The van der Waals surface area contributed by atoms with Gasteiger partial charge in [-0.2, -0.15) is 4.31 Å². The molecule has 1 unspecified atom stereocenters. The van der Waals surface area contributed by atoms with Gasteiger partial charge in [0.25, 0.3) is 0 Å². The van der Waals surface area contributed by atoms with Crippen molar-refractivity contribution in [3.63, 3.8) is 0 Å². The van der Waals surface area contributed by atoms with E-state index >= 15 is 0 Å². The molecule has 6 heteroatoms. The third kappa shape index (κ3) is 3.56. The van der Waals surface area contributed by atoms with Crippen LogP contribution in [0.5, 0.6) is 5.75 Å². The van der Waals surface area contributed by atoms with Crippen molar-refractivity contribution < 1.29 is 17.9 Å². The fraction of sp³-hybridized carbons (Fsp3) is 0.368. The molecule has 2 aromatic carbocycles. The van der Waals surface area contributed by atoms with Crippen LogP contribution in [0.15, 0.2) is 59.5 Å². The molecule has 1 fully saturated rings. The molecule has 0 amide bonds. The van der Waals surface area contributed by atoms with E-state index in [0.29, 0.717) is 12.4 Å². The van der Waals surface area contributed by atoms with Gasteiger partial charge < -0.3 is 9.47 Å². The normalized spacial score (nSPS) is 21.0. The lowest BCUT2D eigenvalue weighted by atomic mass is 10.0. The lowest BCUT2D eigenvalue weighted by Gasteiger charge is -2.44. The Hall–Kier alpha value is -1.89. The topological polar surface area (TPSA) is 55.8 Å². The third-order valence-corrected chi connectivity index (χ3v) is 6.55. The highest BCUT2D eigenvalue weighted by atomic mass is 32.2. The first-order valence-electron chi connectivity index (χ1n) is 8.18. The number of rotatable bonds is 4. The Morgan fingerprint density at radius 1 is 1.08 bits per heavy atom. The molecule has 3 rings (SSSR count). The molecule has 134 valence electrons. The standard InChI is InChI=1S/C19H23NO4S/c1-19(2)14-24-18(15-7-5-4-6-8-15)13-20(19)25(21,22)17-11-9-16(23-3)10-12-17/h4-12,18H,13-14H2,1-3H3. The Balaban J connectivity index is 1.93. The molecule has 0 radical (unpaired) electrons. The van der Waals surface area contributed by atoms with Crippen molar-refractivity contribution in [1.82, 2.24) is 4.31 Å². The van der Waals surface area contributed by atoms with E-state index in [1.54, 1.807) is 35.7 Å². The average Bonchev–Trinajstić information content (AvgIpc) is 2.62. The van der Waals surface area contributed by atoms with Crippen molar-refractivity contribution in [2.45, 2.75) is 30.4 Å². The lowest BCUT2D eigenvalue weighted by molar-refractivity contribution is -0.0655. The first kappa shape index (κ1) is 17.9. The number of hydrogen-bond donors (Lipinski definition) is 0. The van der Waals surface area contributed by atoms with Crippen LogP contribution in [0, 0.1) is 0 Å². The van der Waals surface area contributed by atoms with E-state index in [9.17, 15) is 8.42 Å². The van der Waals surface area contributed by atoms with Crippen LogP contribution in [0.1, 0.15) is 25.5 Å². The Morgan fingerprint density at radius 2 is 1.72 bits per heavy atom. The molecular weight excluding hydrogens is 338 g/mol. The minimum absolute atomic E-state index is 0.259. The smallest absolute Gasteiger partial charge is 0.243 e. The van der Waals surface area contributed by atoms with E-state index < -0.39 is 15.6 Å². The van der Waals surface area contributed by atoms with E-state index in [1.807, 2.05) is 44.2 Å². The lowest BCUT2D eigenvalue weighted by Crippen LogP contribution is -2.56. The van der Waals surface area contributed by atoms with Crippen LogP contribution >= 0.6 is 0 Å². The van der Waals surface area contributed by atoms with Crippen LogP contribution in [-0.2, 0) is 14.8 Å². The summed E-state index contributed by atoms with van der Waals surface area (Å²) in [4.78, 5) is 0.259. The zero-order valence-corrected chi connectivity index (χ0v) is 15.5. The van der Waals surface area contributed by atoms with E-state index in [-0.39, 0.29) is 17.5 Å². The average molecular weight is 361 g/mol. The van der Waals surface area contributed by atoms with Gasteiger partial charge in [0, 0.05) is 6.54 Å². The highest BCUT2D eigenvalue weighted by molar-refractivity contribution is 7.89. The van der Waals surface area contributed by atoms with E-state index in [2.05, 4.69) is 0 Å². The van der Waals surface area contributed by atoms with Gasteiger partial charge in [-0.1, -0.05) is 30.3 Å². The molecule has 0 bridgehead atoms. The van der Waals surface area contributed by atoms with Gasteiger partial charge in [-0.3, -0.25) is 0 Å². The van der Waals surface area contributed by atoms with Crippen LogP contribution in [0.2, 0.25) is 0 Å². The maximum absolute atomic E-state index is 13.2. The molecule has 25 heavy (non-hydrogen) atoms. The Kier molecular flexibility index (Phi) is 4.86. The van der Waals surface area contributed by atoms with E-state index in [0.717, 1.165) is 5.56 Å². The number of methoxy groups -OCH3 is 1. The minimum atomic E-state index is -3.64. The molecule has 1 saturated heterocycles. The highest BCUT2D eigenvalue weighted by Crippen LogP contribution is 2.34. The van der Waals surface area contributed by atoms with Crippen LogP contribution < -0.4 is 4.74 Å². The molecule has 0 saturated carbocycles. The summed E-state index contributed by atoms with van der Waals surface area (Å²) in [6.45, 7) is 4.39. The van der Waals surface area contributed by atoms with Gasteiger partial charge in [-0.15, -0.1) is 0 Å². The quantitative estimate of drug-likeness (QED) is 0.839. The van der Waals surface area contributed by atoms with Gasteiger partial charge in [0.05, 0.1) is 30.3 Å². The van der Waals surface area contributed by atoms with E-state index in [4.69, 9.17) is 9.47 Å². The number of benzene rings is 2. The number of hydrogen-bond acceptors (Lipinski definition) is 4. The second kappa shape index (κ2) is 6.78. The van der Waals surface area contributed by atoms with Crippen LogP contribution in [0.25, 0.3) is 0 Å². The van der Waals surface area contributed by atoms with Gasteiger partial charge in [0.2, 0.25) is 10.0 Å². The van der Waals surface area contributed by atoms with Crippen molar-refractivity contribution in [2.24, 2.45) is 0 Å². The number of sulfonamides is 1. The maximum atomic E-state index is 13.2. The van der Waals surface area contributed by atoms with Crippen molar-refractivity contribution in [3.8, 4) is 5.75 Å². The van der Waals surface area contributed by atoms with E-state index in [1.165, 1.54) is 0 Å². The summed E-state index contributed by atoms with van der Waals surface area (Å²) in [6, 6.07) is 16.2. The predicted octanol–water partition coefficient (Wildman–Crippen LogP) is 3.24. The molecule has 1 aliphatic rings. The SMILES string of the molecule is COc1ccc(S(=O)(=O)N2CC(c3ccccc3)OCC2(C)C)cc1. The summed E-state index contributed by atoms with van der Waals surface area (Å²) in [5.41, 5.74) is 0.359. The van der Waals surface area contributed by atoms with Crippen LogP contribution in [0.4, 0.5) is 0 Å². The van der Waals surface area contributed by atoms with Crippen molar-refractivity contribution in [1.29, 1.82) is 0 Å². The first-order valence-corrected chi connectivity index (χ1v) is 9.62. The largest absolute Gasteiger partial charge is 0.497 e. The summed E-state index contributed by atoms with van der Waals surface area (Å²) in [5.74, 6) is 0.627. The molecule has 1 aliphatic heterocycles. The molecule has 0 aliphatic carbocycles. The summed E-state index contributed by atoms with van der Waals surface area (Å²) >= 11 is 0. The summed E-state index contributed by atoms with van der Waals surface area (Å²) in [5, 5.41) is 0. The zero-order valence-electron chi connectivity index (χ0n) is 14.7. The maximum Gasteiger partial charge on any atom is 0.243 e. The number of morpholine rings is 1. The third-order valence-electron chi connectivity index (χ3n) is 4.46. The van der Waals surface area contributed by atoms with Crippen molar-refractivity contribution >= 4 is 10.0 Å². The summed E-state index contributed by atoms with van der Waals surface area (Å²) in [6.07, 6.45) is -0.276. The molecule has 1 heterocycles.